The Labute approximate surface area is 164 Å². The molecule has 2 aliphatic heterocycles. The van der Waals surface area contributed by atoms with Crippen LogP contribution >= 0.6 is 0 Å². The van der Waals surface area contributed by atoms with Gasteiger partial charge in [-0.1, -0.05) is 19.8 Å². The van der Waals surface area contributed by atoms with E-state index >= 15 is 0 Å². The van der Waals surface area contributed by atoms with Gasteiger partial charge in [0.1, 0.15) is 5.71 Å². The van der Waals surface area contributed by atoms with E-state index in [0.29, 0.717) is 12.3 Å². The Hall–Kier alpha value is -1.97. The van der Waals surface area contributed by atoms with Crippen LogP contribution in [0.1, 0.15) is 51.9 Å². The number of hydrazone groups is 1. The van der Waals surface area contributed by atoms with E-state index in [1.54, 1.807) is 0 Å². The fourth-order valence-corrected chi connectivity index (χ4v) is 5.66. The van der Waals surface area contributed by atoms with E-state index < -0.39 is 28.5 Å². The van der Waals surface area contributed by atoms with Gasteiger partial charge in [0.25, 0.3) is 5.91 Å². The molecule has 2 amide bonds. The number of rotatable bonds is 5. The van der Waals surface area contributed by atoms with Gasteiger partial charge in [0.05, 0.1) is 17.5 Å². The first-order valence-corrected chi connectivity index (χ1v) is 11.6. The van der Waals surface area contributed by atoms with Gasteiger partial charge in [-0.3, -0.25) is 9.59 Å². The molecule has 3 atom stereocenters. The number of nitrogens with one attached hydrogen (secondary N) is 1. The molecule has 0 bridgehead atoms. The predicted molar refractivity (Wildman–Crippen MR) is 101 cm³/mol. The van der Waals surface area contributed by atoms with E-state index in [9.17, 15) is 22.8 Å². The molecule has 156 valence electrons. The average Bonchev–Trinajstić information content (AvgIpc) is 3.01. The quantitative estimate of drug-likeness (QED) is 0.651. The minimum atomic E-state index is -3.18. The van der Waals surface area contributed by atoms with Gasteiger partial charge in [-0.25, -0.2) is 18.2 Å². The molecule has 2 fully saturated rings. The zero-order valence-electron chi connectivity index (χ0n) is 16.1. The Morgan fingerprint density at radius 1 is 1.21 bits per heavy atom. The molecule has 3 aliphatic rings. The van der Waals surface area contributed by atoms with Gasteiger partial charge in [0, 0.05) is 18.9 Å². The molecule has 2 heterocycles. The third-order valence-electron chi connectivity index (χ3n) is 5.64. The Balaban J connectivity index is 1.53. The van der Waals surface area contributed by atoms with Crippen molar-refractivity contribution in [2.24, 2.45) is 11.0 Å². The molecule has 10 heteroatoms. The zero-order valence-corrected chi connectivity index (χ0v) is 16.9. The van der Waals surface area contributed by atoms with E-state index in [1.807, 2.05) is 0 Å². The number of hydrogen-bond acceptors (Lipinski definition) is 7. The second kappa shape index (κ2) is 8.59. The molecular formula is C18H27N3O6S. The van der Waals surface area contributed by atoms with Crippen molar-refractivity contribution >= 4 is 33.3 Å². The number of carbonyl (C=O) groups is 3. The summed E-state index contributed by atoms with van der Waals surface area (Å²) in [6.07, 6.45) is 4.73. The lowest BCUT2D eigenvalue weighted by molar-refractivity contribution is -0.143. The molecule has 0 unspecified atom stereocenters. The minimum absolute atomic E-state index is 0.0104. The first-order chi connectivity index (χ1) is 13.2. The number of carbonyl (C=O) groups excluding carboxylic acids is 3. The Morgan fingerprint density at radius 3 is 2.64 bits per heavy atom. The van der Waals surface area contributed by atoms with Crippen molar-refractivity contribution in [3.8, 4) is 0 Å². The van der Waals surface area contributed by atoms with E-state index in [2.05, 4.69) is 17.3 Å². The molecule has 1 aliphatic carbocycles. The van der Waals surface area contributed by atoms with Gasteiger partial charge in [0.2, 0.25) is 5.91 Å². The van der Waals surface area contributed by atoms with Crippen LogP contribution in [-0.2, 0) is 29.0 Å². The van der Waals surface area contributed by atoms with Crippen molar-refractivity contribution in [3.63, 3.8) is 0 Å². The van der Waals surface area contributed by atoms with Gasteiger partial charge in [0.15, 0.2) is 16.4 Å². The normalized spacial score (nSPS) is 29.9. The van der Waals surface area contributed by atoms with E-state index in [4.69, 9.17) is 4.74 Å². The van der Waals surface area contributed by atoms with Crippen LogP contribution in [0.25, 0.3) is 0 Å². The zero-order chi connectivity index (χ0) is 20.3. The van der Waals surface area contributed by atoms with Crippen LogP contribution in [0, 0.1) is 5.92 Å². The van der Waals surface area contributed by atoms with Crippen molar-refractivity contribution in [1.82, 2.24) is 10.3 Å². The summed E-state index contributed by atoms with van der Waals surface area (Å²) >= 11 is 0. The van der Waals surface area contributed by atoms with Gasteiger partial charge >= 0.3 is 5.97 Å². The predicted octanol–water partition coefficient (Wildman–Crippen LogP) is 0.390. The summed E-state index contributed by atoms with van der Waals surface area (Å²) in [4.78, 5) is 36.4. The summed E-state index contributed by atoms with van der Waals surface area (Å²) in [5.74, 6) is -1.13. The number of nitrogens with zero attached hydrogens (tertiary/aromatic N) is 2. The summed E-state index contributed by atoms with van der Waals surface area (Å²) in [7, 11) is -3.18. The average molecular weight is 413 g/mol. The highest BCUT2D eigenvalue weighted by Crippen LogP contribution is 2.24. The molecule has 3 rings (SSSR count). The lowest BCUT2D eigenvalue weighted by atomic mass is 9.86. The second-order valence-electron chi connectivity index (χ2n) is 7.85. The summed E-state index contributed by atoms with van der Waals surface area (Å²) in [6, 6.07) is -0.443. The lowest BCUT2D eigenvalue weighted by Crippen LogP contribution is -2.44. The second-order valence-corrected chi connectivity index (χ2v) is 10.1. The molecule has 0 aromatic carbocycles. The van der Waals surface area contributed by atoms with Crippen molar-refractivity contribution in [1.29, 1.82) is 0 Å². The molecule has 0 aromatic heterocycles. The van der Waals surface area contributed by atoms with Gasteiger partial charge in [-0.15, -0.1) is 0 Å². The number of sulfone groups is 1. The van der Waals surface area contributed by atoms with Crippen LogP contribution in [0.3, 0.4) is 0 Å². The van der Waals surface area contributed by atoms with Crippen LogP contribution in [-0.4, -0.2) is 67.1 Å². The largest absolute Gasteiger partial charge is 0.451 e. The topological polar surface area (TPSA) is 122 Å². The van der Waals surface area contributed by atoms with Crippen LogP contribution in [0.5, 0.6) is 0 Å². The molecule has 0 radical (unpaired) electrons. The first-order valence-electron chi connectivity index (χ1n) is 9.81. The monoisotopic (exact) mass is 413 g/mol. The maximum absolute atomic E-state index is 12.3. The van der Waals surface area contributed by atoms with Gasteiger partial charge in [-0.05, 0) is 25.2 Å². The van der Waals surface area contributed by atoms with Crippen molar-refractivity contribution in [2.75, 3.05) is 18.1 Å². The first kappa shape index (κ1) is 20.8. The highest BCUT2D eigenvalue weighted by atomic mass is 32.2. The molecule has 28 heavy (non-hydrogen) atoms. The Morgan fingerprint density at radius 2 is 1.96 bits per heavy atom. The molecule has 9 nitrogen and oxygen atoms in total. The third-order valence-corrected chi connectivity index (χ3v) is 7.39. The highest BCUT2D eigenvalue weighted by Gasteiger charge is 2.37. The highest BCUT2D eigenvalue weighted by molar-refractivity contribution is 7.91. The van der Waals surface area contributed by atoms with Gasteiger partial charge < -0.3 is 10.1 Å². The SMILES string of the molecule is C[C@H]1CCCC[C@H]1NC(=O)COC(=O)C1=NN([C@@H]2CCS(=O)(=O)C2)C(=O)CC1. The molecule has 1 N–H and O–H groups in total. The maximum atomic E-state index is 12.3. The summed E-state index contributed by atoms with van der Waals surface area (Å²) in [5.41, 5.74) is 0.0442. The van der Waals surface area contributed by atoms with Crippen LogP contribution in [0.2, 0.25) is 0 Å². The molecular weight excluding hydrogens is 386 g/mol. The number of esters is 1. The Kier molecular flexibility index (Phi) is 6.36. The van der Waals surface area contributed by atoms with Crippen LogP contribution in [0.15, 0.2) is 5.10 Å². The number of ether oxygens (including phenoxy) is 1. The van der Waals surface area contributed by atoms with Crippen LogP contribution < -0.4 is 5.32 Å². The maximum Gasteiger partial charge on any atom is 0.355 e. The van der Waals surface area contributed by atoms with E-state index in [1.165, 1.54) is 6.42 Å². The standard InChI is InChI=1S/C18H27N3O6S/c1-12-4-2-3-5-14(12)19-16(22)10-27-18(24)15-6-7-17(23)21(20-15)13-8-9-28(25,26)11-13/h12-14H,2-11H2,1H3,(H,19,22)/t12-,13+,14+/m0/s1. The molecule has 1 saturated heterocycles. The third kappa shape index (κ3) is 5.09. The van der Waals surface area contributed by atoms with Crippen molar-refractivity contribution in [3.05, 3.63) is 0 Å². The summed E-state index contributed by atoms with van der Waals surface area (Å²) < 4.78 is 28.4. The molecule has 0 spiro atoms. The van der Waals surface area contributed by atoms with E-state index in [0.717, 1.165) is 24.3 Å². The Bertz CT molecular complexity index is 778. The molecule has 1 saturated carbocycles. The van der Waals surface area contributed by atoms with E-state index in [-0.39, 0.29) is 47.9 Å². The van der Waals surface area contributed by atoms with Crippen molar-refractivity contribution < 1.29 is 27.5 Å². The minimum Gasteiger partial charge on any atom is -0.451 e. The fourth-order valence-electron chi connectivity index (χ4n) is 3.97. The lowest BCUT2D eigenvalue weighted by Gasteiger charge is -2.29. The van der Waals surface area contributed by atoms with Gasteiger partial charge in [-0.2, -0.15) is 5.10 Å². The number of hydrogen-bond donors (Lipinski definition) is 1. The number of amides is 2. The van der Waals surface area contributed by atoms with Crippen LogP contribution in [0.4, 0.5) is 0 Å². The smallest absolute Gasteiger partial charge is 0.355 e. The molecule has 0 aromatic rings. The summed E-state index contributed by atoms with van der Waals surface area (Å²) in [5, 5.41) is 8.06. The fraction of sp³-hybridized carbons (Fsp3) is 0.778. The summed E-state index contributed by atoms with van der Waals surface area (Å²) in [6.45, 7) is 1.70. The van der Waals surface area contributed by atoms with Crippen molar-refractivity contribution in [2.45, 2.75) is 64.0 Å².